The first-order chi connectivity index (χ1) is 11.6. The fourth-order valence-electron chi connectivity index (χ4n) is 3.14. The van der Waals surface area contributed by atoms with E-state index in [1.165, 1.54) is 12.1 Å². The maximum Gasteiger partial charge on any atom is 0.136 e. The van der Waals surface area contributed by atoms with E-state index in [4.69, 9.17) is 5.73 Å². The number of aliphatic imine (C=N–C) groups is 1. The number of H-pyrrole nitrogens is 1. The van der Waals surface area contributed by atoms with Gasteiger partial charge in [0.2, 0.25) is 0 Å². The summed E-state index contributed by atoms with van der Waals surface area (Å²) in [5.41, 5.74) is 11.1. The van der Waals surface area contributed by atoms with Gasteiger partial charge < -0.3 is 10.7 Å². The Bertz CT molecular complexity index is 911. The number of pyridine rings is 1. The predicted molar refractivity (Wildman–Crippen MR) is 93.6 cm³/mol. The van der Waals surface area contributed by atoms with E-state index in [0.29, 0.717) is 5.84 Å². The minimum atomic E-state index is -0.253. The van der Waals surface area contributed by atoms with Crippen molar-refractivity contribution in [2.75, 3.05) is 0 Å². The summed E-state index contributed by atoms with van der Waals surface area (Å²) < 4.78 is 13.3. The summed E-state index contributed by atoms with van der Waals surface area (Å²) in [6, 6.07) is 10.4. The zero-order chi connectivity index (χ0) is 16.7. The number of rotatable bonds is 2. The minimum absolute atomic E-state index is 0.190. The van der Waals surface area contributed by atoms with Crippen LogP contribution in [0.5, 0.6) is 0 Å². The van der Waals surface area contributed by atoms with Gasteiger partial charge in [-0.15, -0.1) is 0 Å². The van der Waals surface area contributed by atoms with Gasteiger partial charge in [0.15, 0.2) is 0 Å². The third kappa shape index (κ3) is 2.38. The fourth-order valence-corrected chi connectivity index (χ4v) is 3.14. The first kappa shape index (κ1) is 14.6. The molecule has 5 heteroatoms. The zero-order valence-electron chi connectivity index (χ0n) is 13.3. The van der Waals surface area contributed by atoms with Crippen LogP contribution in [0.3, 0.4) is 0 Å². The number of amidine groups is 1. The molecule has 1 aliphatic heterocycles. The third-order valence-corrected chi connectivity index (χ3v) is 4.44. The molecule has 1 aromatic carbocycles. The summed E-state index contributed by atoms with van der Waals surface area (Å²) >= 11 is 0. The van der Waals surface area contributed by atoms with Gasteiger partial charge in [-0.2, -0.15) is 0 Å². The normalized spacial score (nSPS) is 16.6. The SMILES string of the molecule is CC1Cc2c([nH]c(-c3ccc(F)cc3)c2-c2ccncc2)N=C1N. The molecule has 1 unspecified atom stereocenters. The number of nitrogens with zero attached hydrogens (tertiary/aromatic N) is 2. The number of fused-ring (bicyclic) bond motifs is 1. The Morgan fingerprint density at radius 3 is 2.50 bits per heavy atom. The highest BCUT2D eigenvalue weighted by Crippen LogP contribution is 2.42. The molecule has 1 aliphatic rings. The maximum absolute atomic E-state index is 13.3. The van der Waals surface area contributed by atoms with Crippen LogP contribution in [0, 0.1) is 11.7 Å². The minimum Gasteiger partial charge on any atom is -0.387 e. The third-order valence-electron chi connectivity index (χ3n) is 4.44. The van der Waals surface area contributed by atoms with Gasteiger partial charge in [0.05, 0.1) is 5.69 Å². The Kier molecular flexibility index (Phi) is 3.41. The number of nitrogens with two attached hydrogens (primary N) is 1. The molecule has 2 aromatic heterocycles. The molecule has 0 amide bonds. The van der Waals surface area contributed by atoms with E-state index in [0.717, 1.165) is 40.2 Å². The van der Waals surface area contributed by atoms with Crippen LogP contribution in [0.1, 0.15) is 12.5 Å². The van der Waals surface area contributed by atoms with E-state index in [2.05, 4.69) is 21.9 Å². The van der Waals surface area contributed by atoms with E-state index in [1.54, 1.807) is 24.5 Å². The molecule has 24 heavy (non-hydrogen) atoms. The van der Waals surface area contributed by atoms with Crippen molar-refractivity contribution < 1.29 is 4.39 Å². The molecule has 0 saturated carbocycles. The highest BCUT2D eigenvalue weighted by atomic mass is 19.1. The average Bonchev–Trinajstić information content (AvgIpc) is 2.95. The summed E-state index contributed by atoms with van der Waals surface area (Å²) in [4.78, 5) is 12.0. The van der Waals surface area contributed by atoms with Crippen molar-refractivity contribution in [1.29, 1.82) is 0 Å². The van der Waals surface area contributed by atoms with Crippen molar-refractivity contribution in [2.45, 2.75) is 13.3 Å². The summed E-state index contributed by atoms with van der Waals surface area (Å²) in [5, 5.41) is 0. The van der Waals surface area contributed by atoms with Crippen LogP contribution < -0.4 is 5.73 Å². The molecular formula is C19H17FN4. The van der Waals surface area contributed by atoms with Crippen LogP contribution >= 0.6 is 0 Å². The van der Waals surface area contributed by atoms with Crippen molar-refractivity contribution >= 4 is 11.7 Å². The lowest BCUT2D eigenvalue weighted by Crippen LogP contribution is -2.25. The number of halogens is 1. The first-order valence-electron chi connectivity index (χ1n) is 7.88. The zero-order valence-corrected chi connectivity index (χ0v) is 13.3. The second-order valence-corrected chi connectivity index (χ2v) is 6.09. The summed E-state index contributed by atoms with van der Waals surface area (Å²) in [7, 11) is 0. The van der Waals surface area contributed by atoms with Gasteiger partial charge >= 0.3 is 0 Å². The molecule has 4 rings (SSSR count). The number of nitrogens with one attached hydrogen (secondary N) is 1. The van der Waals surface area contributed by atoms with E-state index >= 15 is 0 Å². The molecular weight excluding hydrogens is 303 g/mol. The van der Waals surface area contributed by atoms with Crippen LogP contribution in [0.4, 0.5) is 10.2 Å². The standard InChI is InChI=1S/C19H17FN4/c1-11-10-15-16(12-6-8-22-9-7-12)17(23-19(15)24-18(11)21)13-2-4-14(20)5-3-13/h2-9,11,23H,10H2,1H3,(H2,21,24). The van der Waals surface area contributed by atoms with Crippen LogP contribution in [0.2, 0.25) is 0 Å². The van der Waals surface area contributed by atoms with E-state index in [9.17, 15) is 4.39 Å². The lowest BCUT2D eigenvalue weighted by atomic mass is 9.91. The second-order valence-electron chi connectivity index (χ2n) is 6.09. The van der Waals surface area contributed by atoms with E-state index in [1.807, 2.05) is 12.1 Å². The topological polar surface area (TPSA) is 67.1 Å². The van der Waals surface area contributed by atoms with Crippen molar-refractivity contribution in [3.05, 3.63) is 60.2 Å². The molecule has 3 N–H and O–H groups in total. The van der Waals surface area contributed by atoms with Gasteiger partial charge in [-0.25, -0.2) is 9.38 Å². The van der Waals surface area contributed by atoms with Crippen molar-refractivity contribution in [2.24, 2.45) is 16.6 Å². The first-order valence-corrected chi connectivity index (χ1v) is 7.88. The molecule has 0 bridgehead atoms. The molecule has 3 aromatic rings. The number of hydrogen-bond acceptors (Lipinski definition) is 3. The Morgan fingerprint density at radius 1 is 1.08 bits per heavy atom. The Morgan fingerprint density at radius 2 is 1.79 bits per heavy atom. The van der Waals surface area contributed by atoms with Crippen molar-refractivity contribution in [1.82, 2.24) is 9.97 Å². The molecule has 0 saturated heterocycles. The molecule has 1 atom stereocenters. The number of benzene rings is 1. The van der Waals surface area contributed by atoms with E-state index in [-0.39, 0.29) is 11.7 Å². The van der Waals surface area contributed by atoms with Gasteiger partial charge in [0.25, 0.3) is 0 Å². The molecule has 0 spiro atoms. The Labute approximate surface area is 139 Å². The molecule has 0 fully saturated rings. The second kappa shape index (κ2) is 5.60. The quantitative estimate of drug-likeness (QED) is 0.747. The molecule has 3 heterocycles. The summed E-state index contributed by atoms with van der Waals surface area (Å²) in [6.07, 6.45) is 4.36. The number of aromatic amines is 1. The Hall–Kier alpha value is -2.95. The van der Waals surface area contributed by atoms with E-state index < -0.39 is 0 Å². The Balaban J connectivity index is 1.97. The molecule has 120 valence electrons. The smallest absolute Gasteiger partial charge is 0.136 e. The molecule has 4 nitrogen and oxygen atoms in total. The molecule has 0 radical (unpaired) electrons. The highest BCUT2D eigenvalue weighted by molar-refractivity contribution is 5.93. The van der Waals surface area contributed by atoms with Gasteiger partial charge in [0.1, 0.15) is 17.5 Å². The van der Waals surface area contributed by atoms with Gasteiger partial charge in [0, 0.05) is 29.4 Å². The number of hydrogen-bond donors (Lipinski definition) is 2. The van der Waals surface area contributed by atoms with Gasteiger partial charge in [-0.05, 0) is 53.9 Å². The van der Waals surface area contributed by atoms with Crippen LogP contribution in [0.25, 0.3) is 22.4 Å². The van der Waals surface area contributed by atoms with Crippen LogP contribution in [-0.2, 0) is 6.42 Å². The van der Waals surface area contributed by atoms with Crippen LogP contribution in [0.15, 0.2) is 53.8 Å². The van der Waals surface area contributed by atoms with Crippen molar-refractivity contribution in [3.63, 3.8) is 0 Å². The predicted octanol–water partition coefficient (Wildman–Crippen LogP) is 4.06. The number of aromatic nitrogens is 2. The summed E-state index contributed by atoms with van der Waals surface area (Å²) in [6.45, 7) is 2.07. The van der Waals surface area contributed by atoms with Crippen LogP contribution in [-0.4, -0.2) is 15.8 Å². The largest absolute Gasteiger partial charge is 0.387 e. The van der Waals surface area contributed by atoms with Gasteiger partial charge in [-0.1, -0.05) is 6.92 Å². The fraction of sp³-hybridized carbons (Fsp3) is 0.158. The lowest BCUT2D eigenvalue weighted by molar-refractivity contribution is 0.628. The highest BCUT2D eigenvalue weighted by Gasteiger charge is 2.26. The lowest BCUT2D eigenvalue weighted by Gasteiger charge is -2.17. The maximum atomic E-state index is 13.3. The average molecular weight is 320 g/mol. The van der Waals surface area contributed by atoms with Crippen molar-refractivity contribution in [3.8, 4) is 22.4 Å². The monoisotopic (exact) mass is 320 g/mol. The molecule has 0 aliphatic carbocycles. The van der Waals surface area contributed by atoms with Gasteiger partial charge in [-0.3, -0.25) is 4.98 Å². The summed E-state index contributed by atoms with van der Waals surface area (Å²) in [5.74, 6) is 1.36.